The highest BCUT2D eigenvalue weighted by Gasteiger charge is 2.25. The Hall–Kier alpha value is -3.07. The van der Waals surface area contributed by atoms with Crippen LogP contribution in [0.25, 0.3) is 11.1 Å². The molecule has 3 aromatic carbocycles. The van der Waals surface area contributed by atoms with Gasteiger partial charge in [-0.15, -0.1) is 0 Å². The van der Waals surface area contributed by atoms with E-state index in [4.69, 9.17) is 5.11 Å². The smallest absolute Gasteiger partial charge is 0.303 e. The van der Waals surface area contributed by atoms with E-state index in [1.165, 1.54) is 33.4 Å². The predicted octanol–water partition coefficient (Wildman–Crippen LogP) is 6.09. The Bertz CT molecular complexity index is 1020. The van der Waals surface area contributed by atoms with E-state index >= 15 is 0 Å². The molecule has 1 atom stereocenters. The van der Waals surface area contributed by atoms with E-state index in [1.54, 1.807) is 0 Å². The molecule has 0 amide bonds. The maximum atomic E-state index is 10.7. The van der Waals surface area contributed by atoms with Crippen molar-refractivity contribution in [2.45, 2.75) is 45.6 Å². The van der Waals surface area contributed by atoms with Gasteiger partial charge in [0.15, 0.2) is 0 Å². The van der Waals surface area contributed by atoms with E-state index in [-0.39, 0.29) is 6.42 Å². The molecular weight excluding hydrogens is 358 g/mol. The summed E-state index contributed by atoms with van der Waals surface area (Å²) in [5.74, 6) is -0.755. The van der Waals surface area contributed by atoms with E-state index < -0.39 is 5.97 Å². The van der Waals surface area contributed by atoms with Crippen molar-refractivity contribution in [3.8, 4) is 11.1 Å². The normalized spacial score (nSPS) is 15.2. The van der Waals surface area contributed by atoms with Crippen LogP contribution in [0.3, 0.4) is 0 Å². The summed E-state index contributed by atoms with van der Waals surface area (Å²) in [5.41, 5.74) is 10.4. The van der Waals surface area contributed by atoms with Crippen molar-refractivity contribution in [3.63, 3.8) is 0 Å². The number of fused-ring (bicyclic) bond motifs is 1. The monoisotopic (exact) mass is 385 g/mol. The van der Waals surface area contributed by atoms with Crippen molar-refractivity contribution in [3.05, 3.63) is 88.5 Å². The van der Waals surface area contributed by atoms with E-state index in [0.717, 1.165) is 24.1 Å². The molecule has 4 rings (SSSR count). The van der Waals surface area contributed by atoms with Crippen LogP contribution in [0.2, 0.25) is 0 Å². The summed E-state index contributed by atoms with van der Waals surface area (Å²) in [6.07, 6.45) is 2.90. The van der Waals surface area contributed by atoms with Gasteiger partial charge in [0.2, 0.25) is 0 Å². The lowest BCUT2D eigenvalue weighted by atomic mass is 9.90. The summed E-state index contributed by atoms with van der Waals surface area (Å²) in [6.45, 7) is 4.39. The third kappa shape index (κ3) is 4.04. The number of carboxylic acids is 1. The summed E-state index contributed by atoms with van der Waals surface area (Å²) in [6, 6.07) is 21.7. The van der Waals surface area contributed by atoms with Gasteiger partial charge in [-0.05, 0) is 84.2 Å². The molecule has 0 saturated heterocycles. The quantitative estimate of drug-likeness (QED) is 0.540. The molecule has 29 heavy (non-hydrogen) atoms. The van der Waals surface area contributed by atoms with Crippen LogP contribution in [-0.2, 0) is 17.6 Å². The Morgan fingerprint density at radius 2 is 1.69 bits per heavy atom. The van der Waals surface area contributed by atoms with E-state index in [9.17, 15) is 4.79 Å². The second kappa shape index (κ2) is 8.12. The lowest BCUT2D eigenvalue weighted by Crippen LogP contribution is -2.07. The number of hydrogen-bond donors (Lipinski definition) is 2. The zero-order valence-corrected chi connectivity index (χ0v) is 17.0. The Kier molecular flexibility index (Phi) is 5.39. The standard InChI is InChI=1S/C26H27NO2/c1-17-5-3-6-18(2)26(17)23-8-4-7-22-21(23)14-15-24(22)27-20-12-9-19(10-13-20)11-16-25(28)29/h3-10,12-13,24,27H,11,14-16H2,1-2H3,(H,28,29). The van der Waals surface area contributed by atoms with Gasteiger partial charge in [-0.1, -0.05) is 48.5 Å². The van der Waals surface area contributed by atoms with Crippen LogP contribution in [-0.4, -0.2) is 11.1 Å². The highest BCUT2D eigenvalue weighted by Crippen LogP contribution is 2.41. The fourth-order valence-electron chi connectivity index (χ4n) is 4.50. The molecule has 3 aromatic rings. The average Bonchev–Trinajstić information content (AvgIpc) is 3.11. The molecule has 2 N–H and O–H groups in total. The van der Waals surface area contributed by atoms with Gasteiger partial charge >= 0.3 is 5.97 Å². The van der Waals surface area contributed by atoms with Gasteiger partial charge in [-0.25, -0.2) is 0 Å². The maximum absolute atomic E-state index is 10.7. The molecule has 148 valence electrons. The molecule has 0 saturated carbocycles. The number of carboxylic acid groups (broad SMARTS) is 1. The van der Waals surface area contributed by atoms with Gasteiger partial charge in [-0.3, -0.25) is 4.79 Å². The molecule has 0 aliphatic heterocycles. The molecular formula is C26H27NO2. The van der Waals surface area contributed by atoms with Gasteiger partial charge in [0, 0.05) is 12.1 Å². The van der Waals surface area contributed by atoms with Crippen LogP contribution in [0.1, 0.15) is 46.7 Å². The Morgan fingerprint density at radius 1 is 1.00 bits per heavy atom. The number of aliphatic carboxylic acids is 1. The summed E-state index contributed by atoms with van der Waals surface area (Å²) in [4.78, 5) is 10.7. The first kappa shape index (κ1) is 19.3. The van der Waals surface area contributed by atoms with Gasteiger partial charge in [0.1, 0.15) is 0 Å². The summed E-state index contributed by atoms with van der Waals surface area (Å²) >= 11 is 0. The van der Waals surface area contributed by atoms with Crippen molar-refractivity contribution in [1.82, 2.24) is 0 Å². The summed E-state index contributed by atoms with van der Waals surface area (Å²) < 4.78 is 0. The van der Waals surface area contributed by atoms with Crippen molar-refractivity contribution >= 4 is 11.7 Å². The fraction of sp³-hybridized carbons (Fsp3) is 0.269. The minimum absolute atomic E-state index is 0.171. The van der Waals surface area contributed by atoms with Crippen LogP contribution in [0, 0.1) is 13.8 Å². The molecule has 1 aliphatic carbocycles. The first-order valence-corrected chi connectivity index (χ1v) is 10.3. The SMILES string of the molecule is Cc1cccc(C)c1-c1cccc2c1CCC2Nc1ccc(CCC(=O)O)cc1. The largest absolute Gasteiger partial charge is 0.481 e. The number of nitrogens with one attached hydrogen (secondary N) is 1. The topological polar surface area (TPSA) is 49.3 Å². The third-order valence-corrected chi connectivity index (χ3v) is 5.94. The molecule has 0 aromatic heterocycles. The van der Waals surface area contributed by atoms with Crippen molar-refractivity contribution in [1.29, 1.82) is 0 Å². The Balaban J connectivity index is 1.56. The molecule has 3 heteroatoms. The predicted molar refractivity (Wildman–Crippen MR) is 118 cm³/mol. The highest BCUT2D eigenvalue weighted by molar-refractivity contribution is 5.76. The first-order valence-electron chi connectivity index (χ1n) is 10.3. The van der Waals surface area contributed by atoms with Gasteiger partial charge in [0.25, 0.3) is 0 Å². The number of aryl methyl sites for hydroxylation is 3. The third-order valence-electron chi connectivity index (χ3n) is 5.94. The zero-order valence-electron chi connectivity index (χ0n) is 17.0. The number of hydrogen-bond acceptors (Lipinski definition) is 2. The number of carbonyl (C=O) groups is 1. The Morgan fingerprint density at radius 3 is 2.38 bits per heavy atom. The number of anilines is 1. The van der Waals surface area contributed by atoms with Crippen LogP contribution < -0.4 is 5.32 Å². The molecule has 0 radical (unpaired) electrons. The fourth-order valence-corrected chi connectivity index (χ4v) is 4.50. The van der Waals surface area contributed by atoms with E-state index in [0.29, 0.717) is 12.5 Å². The van der Waals surface area contributed by atoms with Crippen LogP contribution >= 0.6 is 0 Å². The minimum atomic E-state index is -0.755. The average molecular weight is 386 g/mol. The lowest BCUT2D eigenvalue weighted by Gasteiger charge is -2.18. The number of rotatable bonds is 6. The van der Waals surface area contributed by atoms with Crippen molar-refractivity contribution in [2.24, 2.45) is 0 Å². The first-order chi connectivity index (χ1) is 14.0. The second-order valence-electron chi connectivity index (χ2n) is 7.97. The summed E-state index contributed by atoms with van der Waals surface area (Å²) in [7, 11) is 0. The molecule has 0 heterocycles. The molecule has 0 bridgehead atoms. The van der Waals surface area contributed by atoms with Gasteiger partial charge in [-0.2, -0.15) is 0 Å². The van der Waals surface area contributed by atoms with Crippen LogP contribution in [0.4, 0.5) is 5.69 Å². The molecule has 1 unspecified atom stereocenters. The van der Waals surface area contributed by atoms with Gasteiger partial charge in [0.05, 0.1) is 6.04 Å². The molecule has 3 nitrogen and oxygen atoms in total. The Labute approximate surface area is 172 Å². The van der Waals surface area contributed by atoms with Crippen molar-refractivity contribution in [2.75, 3.05) is 5.32 Å². The molecule has 0 spiro atoms. The van der Waals surface area contributed by atoms with E-state index in [2.05, 4.69) is 67.7 Å². The van der Waals surface area contributed by atoms with Gasteiger partial charge < -0.3 is 10.4 Å². The lowest BCUT2D eigenvalue weighted by molar-refractivity contribution is -0.136. The van der Waals surface area contributed by atoms with E-state index in [1.807, 2.05) is 12.1 Å². The molecule has 0 fully saturated rings. The van der Waals surface area contributed by atoms with Crippen LogP contribution in [0.15, 0.2) is 60.7 Å². The number of benzene rings is 3. The highest BCUT2D eigenvalue weighted by atomic mass is 16.4. The summed E-state index contributed by atoms with van der Waals surface area (Å²) in [5, 5.41) is 12.5. The zero-order chi connectivity index (χ0) is 20.4. The second-order valence-corrected chi connectivity index (χ2v) is 7.97. The van der Waals surface area contributed by atoms with Crippen molar-refractivity contribution < 1.29 is 9.90 Å². The molecule has 1 aliphatic rings. The maximum Gasteiger partial charge on any atom is 0.303 e. The van der Waals surface area contributed by atoms with Crippen LogP contribution in [0.5, 0.6) is 0 Å². The minimum Gasteiger partial charge on any atom is -0.481 e.